The Morgan fingerprint density at radius 2 is 1.00 bits per heavy atom. The van der Waals surface area contributed by atoms with Crippen molar-refractivity contribution in [1.82, 2.24) is 29.9 Å². The lowest BCUT2D eigenvalue weighted by Gasteiger charge is -2.11. The Labute approximate surface area is 284 Å². The van der Waals surface area contributed by atoms with E-state index >= 15 is 0 Å². The van der Waals surface area contributed by atoms with Crippen LogP contribution in [0.4, 0.5) is 0 Å². The quantitative estimate of drug-likeness (QED) is 0.177. The molecule has 6 nitrogen and oxygen atoms in total. The van der Waals surface area contributed by atoms with Crippen molar-refractivity contribution < 1.29 is 0 Å². The third kappa shape index (κ3) is 4.63. The van der Waals surface area contributed by atoms with Crippen LogP contribution in [0.15, 0.2) is 146 Å². The highest BCUT2D eigenvalue weighted by molar-refractivity contribution is 7.26. The predicted molar refractivity (Wildman–Crippen MR) is 200 cm³/mol. The van der Waals surface area contributed by atoms with Crippen molar-refractivity contribution in [2.75, 3.05) is 0 Å². The van der Waals surface area contributed by atoms with Crippen LogP contribution in [0.5, 0.6) is 0 Å². The summed E-state index contributed by atoms with van der Waals surface area (Å²) < 4.78 is 2.39. The van der Waals surface area contributed by atoms with Gasteiger partial charge in [0.1, 0.15) is 0 Å². The zero-order chi connectivity index (χ0) is 32.3. The van der Waals surface area contributed by atoms with E-state index in [1.807, 2.05) is 36.7 Å². The molecule has 0 aliphatic carbocycles. The van der Waals surface area contributed by atoms with Gasteiger partial charge in [-0.1, -0.05) is 97.1 Å². The summed E-state index contributed by atoms with van der Waals surface area (Å²) in [5.74, 6) is 1.81. The molecule has 10 rings (SSSR count). The number of thiophene rings is 1. The monoisotopic (exact) mass is 644 g/mol. The Hall–Kier alpha value is -6.44. The molecule has 0 N–H and O–H groups in total. The van der Waals surface area contributed by atoms with E-state index in [1.165, 1.54) is 15.5 Å². The molecule has 0 saturated carbocycles. The highest BCUT2D eigenvalue weighted by atomic mass is 32.1. The molecular formula is C42H24N6S. The molecule has 5 heterocycles. The smallest absolute Gasteiger partial charge is 0.166 e. The molecule has 0 unspecified atom stereocenters. The molecule has 0 amide bonds. The number of nitrogens with zero attached hydrogens (tertiary/aromatic N) is 6. The van der Waals surface area contributed by atoms with Gasteiger partial charge < -0.3 is 0 Å². The minimum absolute atomic E-state index is 0.585. The molecular weight excluding hydrogens is 621 g/mol. The molecule has 0 atom stereocenters. The number of rotatable bonds is 4. The van der Waals surface area contributed by atoms with Gasteiger partial charge in [0.25, 0.3) is 0 Å². The second-order valence-electron chi connectivity index (χ2n) is 12.0. The van der Waals surface area contributed by atoms with E-state index in [2.05, 4.69) is 114 Å². The lowest BCUT2D eigenvalue weighted by molar-refractivity contribution is 1.08. The van der Waals surface area contributed by atoms with Crippen molar-refractivity contribution >= 4 is 64.2 Å². The van der Waals surface area contributed by atoms with Crippen LogP contribution in [-0.4, -0.2) is 29.9 Å². The molecule has 49 heavy (non-hydrogen) atoms. The Morgan fingerprint density at radius 1 is 0.388 bits per heavy atom. The van der Waals surface area contributed by atoms with Crippen LogP contribution >= 0.6 is 11.3 Å². The maximum Gasteiger partial charge on any atom is 0.166 e. The fourth-order valence-electron chi connectivity index (χ4n) is 6.63. The van der Waals surface area contributed by atoms with Crippen LogP contribution in [0.25, 0.3) is 98.3 Å². The molecule has 10 aromatic rings. The molecule has 0 saturated heterocycles. The Balaban J connectivity index is 1.14. The van der Waals surface area contributed by atoms with Crippen LogP contribution in [0.3, 0.4) is 0 Å². The van der Waals surface area contributed by atoms with Gasteiger partial charge in [0.2, 0.25) is 0 Å². The average Bonchev–Trinajstić information content (AvgIpc) is 3.56. The summed E-state index contributed by atoms with van der Waals surface area (Å²) in [6, 6.07) is 45.7. The van der Waals surface area contributed by atoms with E-state index in [0.29, 0.717) is 17.5 Å². The number of hydrogen-bond acceptors (Lipinski definition) is 7. The molecule has 0 bridgehead atoms. The summed E-state index contributed by atoms with van der Waals surface area (Å²) in [6.45, 7) is 0. The van der Waals surface area contributed by atoms with Gasteiger partial charge in [-0.2, -0.15) is 0 Å². The van der Waals surface area contributed by atoms with Gasteiger partial charge in [-0.05, 0) is 36.4 Å². The number of benzene rings is 5. The van der Waals surface area contributed by atoms with E-state index in [1.54, 1.807) is 11.3 Å². The summed E-state index contributed by atoms with van der Waals surface area (Å²) in [7, 11) is 0. The standard InChI is InChI=1S/C42H24N6S/c1-2-14-35-30(10-1)31-11-4-13-33(39(31)49-35)42-47-40(46-41(48-42)32-12-3-7-26-8-5-23-43-36(26)32)29-19-15-25(16-20-29)34-22-21-28-18-17-27-9-6-24-44-37(27)38(28)45-34/h1-24H. The summed E-state index contributed by atoms with van der Waals surface area (Å²) in [5, 5.41) is 5.60. The first-order valence-electron chi connectivity index (χ1n) is 16.0. The van der Waals surface area contributed by atoms with Gasteiger partial charge in [-0.15, -0.1) is 11.3 Å². The minimum atomic E-state index is 0.585. The van der Waals surface area contributed by atoms with Gasteiger partial charge in [0, 0.05) is 71.0 Å². The molecule has 228 valence electrons. The maximum atomic E-state index is 5.12. The highest BCUT2D eigenvalue weighted by Crippen LogP contribution is 2.40. The number of para-hydroxylation sites is 1. The molecule has 5 aromatic heterocycles. The normalized spacial score (nSPS) is 11.7. The van der Waals surface area contributed by atoms with E-state index in [9.17, 15) is 0 Å². The number of hydrogen-bond donors (Lipinski definition) is 0. The summed E-state index contributed by atoms with van der Waals surface area (Å²) in [5.41, 5.74) is 7.27. The van der Waals surface area contributed by atoms with E-state index < -0.39 is 0 Å². The zero-order valence-electron chi connectivity index (χ0n) is 25.9. The van der Waals surface area contributed by atoms with Gasteiger partial charge in [-0.3, -0.25) is 9.97 Å². The first-order valence-corrected chi connectivity index (χ1v) is 16.8. The Bertz CT molecular complexity index is 2890. The zero-order valence-corrected chi connectivity index (χ0v) is 26.8. The van der Waals surface area contributed by atoms with Crippen molar-refractivity contribution in [2.45, 2.75) is 0 Å². The number of fused-ring (bicyclic) bond motifs is 7. The van der Waals surface area contributed by atoms with E-state index in [-0.39, 0.29) is 0 Å². The lowest BCUT2D eigenvalue weighted by Crippen LogP contribution is -2.01. The first-order chi connectivity index (χ1) is 24.3. The topological polar surface area (TPSA) is 77.3 Å². The van der Waals surface area contributed by atoms with Crippen LogP contribution in [0, 0.1) is 0 Å². The third-order valence-corrected chi connectivity index (χ3v) is 10.2. The fourth-order valence-corrected chi connectivity index (χ4v) is 7.84. The summed E-state index contributed by atoms with van der Waals surface area (Å²) in [4.78, 5) is 29.7. The maximum absolute atomic E-state index is 5.12. The van der Waals surface area contributed by atoms with Crippen LogP contribution in [0.2, 0.25) is 0 Å². The van der Waals surface area contributed by atoms with Crippen LogP contribution in [-0.2, 0) is 0 Å². The average molecular weight is 645 g/mol. The molecule has 0 aliphatic rings. The molecule has 0 spiro atoms. The predicted octanol–water partition coefficient (Wildman–Crippen LogP) is 10.6. The SMILES string of the molecule is c1cnc2c(-c3nc(-c4ccc(-c5ccc6ccc7cccnc7c6n5)cc4)nc(-c4cccc5c4sc4ccccc45)n3)cccc2c1. The first kappa shape index (κ1) is 27.7. The molecule has 5 aromatic carbocycles. The Kier molecular flexibility index (Phi) is 6.25. The highest BCUT2D eigenvalue weighted by Gasteiger charge is 2.18. The van der Waals surface area contributed by atoms with Crippen molar-refractivity contribution in [3.8, 4) is 45.4 Å². The minimum Gasteiger partial charge on any atom is -0.255 e. The summed E-state index contributed by atoms with van der Waals surface area (Å²) in [6.07, 6.45) is 3.63. The fraction of sp³-hybridized carbons (Fsp3) is 0. The molecule has 0 fully saturated rings. The molecule has 0 aliphatic heterocycles. The number of pyridine rings is 3. The van der Waals surface area contributed by atoms with Gasteiger partial charge >= 0.3 is 0 Å². The molecule has 7 heteroatoms. The van der Waals surface area contributed by atoms with Crippen LogP contribution < -0.4 is 0 Å². The van der Waals surface area contributed by atoms with Gasteiger partial charge in [-0.25, -0.2) is 19.9 Å². The van der Waals surface area contributed by atoms with Gasteiger partial charge in [0.15, 0.2) is 17.5 Å². The summed E-state index contributed by atoms with van der Waals surface area (Å²) >= 11 is 1.77. The van der Waals surface area contributed by atoms with Crippen molar-refractivity contribution in [3.05, 3.63) is 146 Å². The second kappa shape index (κ2) is 11.1. The third-order valence-electron chi connectivity index (χ3n) is 9.03. The van der Waals surface area contributed by atoms with Crippen molar-refractivity contribution in [2.24, 2.45) is 0 Å². The molecule has 0 radical (unpaired) electrons. The Morgan fingerprint density at radius 3 is 1.86 bits per heavy atom. The van der Waals surface area contributed by atoms with Crippen molar-refractivity contribution in [3.63, 3.8) is 0 Å². The van der Waals surface area contributed by atoms with E-state index in [4.69, 9.17) is 24.9 Å². The second-order valence-corrected chi connectivity index (χ2v) is 13.0. The largest absolute Gasteiger partial charge is 0.255 e. The lowest BCUT2D eigenvalue weighted by atomic mass is 10.1. The van der Waals surface area contributed by atoms with E-state index in [0.717, 1.165) is 65.4 Å². The van der Waals surface area contributed by atoms with Gasteiger partial charge in [0.05, 0.1) is 22.2 Å². The van der Waals surface area contributed by atoms with Crippen molar-refractivity contribution in [1.29, 1.82) is 0 Å². The number of aromatic nitrogens is 6. The van der Waals surface area contributed by atoms with Crippen LogP contribution in [0.1, 0.15) is 0 Å².